The Kier molecular flexibility index (Phi) is 6.60. The summed E-state index contributed by atoms with van der Waals surface area (Å²) in [5.74, 6) is 0. The molecule has 2 N–H and O–H groups in total. The van der Waals surface area contributed by atoms with E-state index in [0.717, 1.165) is 47.9 Å². The van der Waals surface area contributed by atoms with Gasteiger partial charge < -0.3 is 24.2 Å². The van der Waals surface area contributed by atoms with Gasteiger partial charge in [-0.3, -0.25) is 0 Å². The third kappa shape index (κ3) is 4.79. The van der Waals surface area contributed by atoms with E-state index in [0.29, 0.717) is 13.1 Å². The number of hydrogen-bond acceptors (Lipinski definition) is 6. The fourth-order valence-corrected chi connectivity index (χ4v) is 4.09. The molecule has 0 aromatic carbocycles. The second-order valence-electron chi connectivity index (χ2n) is 7.54. The van der Waals surface area contributed by atoms with Crippen LogP contribution in [-0.4, -0.2) is 76.3 Å². The molecular weight excluding hydrogens is 388 g/mol. The average molecular weight is 421 g/mol. The molecule has 9 heteroatoms. The number of nitrogens with one attached hydrogen (secondary N) is 1. The number of aryl methyl sites for hydroxylation is 1. The van der Waals surface area contributed by atoms with Crippen LogP contribution in [0.2, 0.25) is 0 Å². The second kappa shape index (κ2) is 8.81. The summed E-state index contributed by atoms with van der Waals surface area (Å²) < 4.78 is 5.24. The molecule has 0 bridgehead atoms. The molecule has 0 atom stereocenters. The SMILES string of the molecule is CC.Cc1cnc2c(N3CCN(C(=O)N(C)C)CC3)cc(SNC3(O)CC3)cn12. The molecule has 29 heavy (non-hydrogen) atoms. The van der Waals surface area contributed by atoms with Gasteiger partial charge in [0.25, 0.3) is 0 Å². The molecule has 1 saturated carbocycles. The van der Waals surface area contributed by atoms with Crippen molar-refractivity contribution >= 4 is 29.3 Å². The van der Waals surface area contributed by atoms with E-state index < -0.39 is 5.72 Å². The van der Waals surface area contributed by atoms with Gasteiger partial charge in [0, 0.05) is 63.3 Å². The third-order valence-electron chi connectivity index (χ3n) is 5.10. The smallest absolute Gasteiger partial charge is 0.319 e. The lowest BCUT2D eigenvalue weighted by atomic mass is 10.2. The maximum atomic E-state index is 12.2. The van der Waals surface area contributed by atoms with Gasteiger partial charge in [-0.2, -0.15) is 0 Å². The molecule has 0 spiro atoms. The van der Waals surface area contributed by atoms with Crippen LogP contribution in [0.3, 0.4) is 0 Å². The summed E-state index contributed by atoms with van der Waals surface area (Å²) in [6.07, 6.45) is 5.51. The van der Waals surface area contributed by atoms with Gasteiger partial charge in [-0.05, 0) is 37.8 Å². The van der Waals surface area contributed by atoms with Crippen LogP contribution in [0, 0.1) is 6.92 Å². The number of carbonyl (C=O) groups excluding carboxylic acids is 1. The molecule has 8 nitrogen and oxygen atoms in total. The normalized spacial score (nSPS) is 17.7. The first-order valence-corrected chi connectivity index (χ1v) is 11.0. The second-order valence-corrected chi connectivity index (χ2v) is 8.42. The number of amides is 2. The molecule has 2 aliphatic rings. The van der Waals surface area contributed by atoms with E-state index in [1.54, 1.807) is 19.0 Å². The van der Waals surface area contributed by atoms with Gasteiger partial charge in [0.1, 0.15) is 5.72 Å². The van der Waals surface area contributed by atoms with Gasteiger partial charge in [-0.1, -0.05) is 13.8 Å². The molecule has 1 saturated heterocycles. The minimum Gasteiger partial charge on any atom is -0.375 e. The van der Waals surface area contributed by atoms with Crippen LogP contribution in [0.25, 0.3) is 5.65 Å². The van der Waals surface area contributed by atoms with Crippen LogP contribution >= 0.6 is 11.9 Å². The predicted molar refractivity (Wildman–Crippen MR) is 117 cm³/mol. The van der Waals surface area contributed by atoms with Crippen LogP contribution in [0.15, 0.2) is 23.4 Å². The summed E-state index contributed by atoms with van der Waals surface area (Å²) in [6, 6.07) is 2.18. The van der Waals surface area contributed by atoms with Gasteiger partial charge in [0.2, 0.25) is 0 Å². The lowest BCUT2D eigenvalue weighted by Crippen LogP contribution is -2.51. The predicted octanol–water partition coefficient (Wildman–Crippen LogP) is 2.55. The number of piperazine rings is 1. The first kappa shape index (κ1) is 21.7. The number of nitrogens with zero attached hydrogens (tertiary/aromatic N) is 5. The molecule has 0 radical (unpaired) electrons. The Morgan fingerprint density at radius 2 is 1.90 bits per heavy atom. The zero-order chi connectivity index (χ0) is 21.2. The number of anilines is 1. The highest BCUT2D eigenvalue weighted by Gasteiger charge is 2.40. The van der Waals surface area contributed by atoms with E-state index in [9.17, 15) is 9.90 Å². The van der Waals surface area contributed by atoms with Crippen LogP contribution in [-0.2, 0) is 0 Å². The Morgan fingerprint density at radius 1 is 1.24 bits per heavy atom. The Hall–Kier alpha value is -1.97. The summed E-state index contributed by atoms with van der Waals surface area (Å²) in [4.78, 5) is 23.6. The summed E-state index contributed by atoms with van der Waals surface area (Å²) in [6.45, 7) is 8.96. The first-order chi connectivity index (χ1) is 13.9. The molecule has 2 aromatic heterocycles. The van der Waals surface area contributed by atoms with Gasteiger partial charge in [-0.15, -0.1) is 0 Å². The fraction of sp³-hybridized carbons (Fsp3) is 0.600. The van der Waals surface area contributed by atoms with Crippen molar-refractivity contribution in [1.82, 2.24) is 23.9 Å². The van der Waals surface area contributed by atoms with E-state index in [4.69, 9.17) is 0 Å². The summed E-state index contributed by atoms with van der Waals surface area (Å²) in [5, 5.41) is 10.1. The van der Waals surface area contributed by atoms with Gasteiger partial charge >= 0.3 is 6.03 Å². The van der Waals surface area contributed by atoms with Gasteiger partial charge in [-0.25, -0.2) is 14.5 Å². The maximum absolute atomic E-state index is 12.2. The highest BCUT2D eigenvalue weighted by atomic mass is 32.2. The van der Waals surface area contributed by atoms with Crippen molar-refractivity contribution < 1.29 is 9.90 Å². The topological polar surface area (TPSA) is 76.4 Å². The number of pyridine rings is 1. The summed E-state index contributed by atoms with van der Waals surface area (Å²) in [5.41, 5.74) is 2.34. The minimum atomic E-state index is -0.720. The molecule has 2 fully saturated rings. The van der Waals surface area contributed by atoms with Crippen molar-refractivity contribution in [2.24, 2.45) is 0 Å². The number of carbonyl (C=O) groups is 1. The summed E-state index contributed by atoms with van der Waals surface area (Å²) in [7, 11) is 3.57. The quantitative estimate of drug-likeness (QED) is 0.585. The van der Waals surface area contributed by atoms with Gasteiger partial charge in [0.05, 0.1) is 5.69 Å². The van der Waals surface area contributed by atoms with Crippen LogP contribution in [0.4, 0.5) is 10.5 Å². The largest absolute Gasteiger partial charge is 0.375 e. The molecule has 4 rings (SSSR count). The molecule has 1 aliphatic carbocycles. The number of aliphatic hydroxyl groups is 1. The Morgan fingerprint density at radius 3 is 2.48 bits per heavy atom. The van der Waals surface area contributed by atoms with E-state index >= 15 is 0 Å². The highest BCUT2D eigenvalue weighted by Crippen LogP contribution is 2.36. The monoisotopic (exact) mass is 420 g/mol. The average Bonchev–Trinajstić information content (AvgIpc) is 3.37. The standard InChI is InChI=1S/C18H26N6O2S.C2H6/c1-13-11-19-16-15(22-6-8-23(9-7-22)17(25)21(2)3)10-14(12-24(13)16)27-20-18(26)4-5-18;1-2/h10-12,20,26H,4-9H2,1-3H3;1-2H3. The zero-order valence-corrected chi connectivity index (χ0v) is 18.8. The number of urea groups is 1. The Balaban J connectivity index is 0.00000117. The van der Waals surface area contributed by atoms with E-state index in [1.165, 1.54) is 11.9 Å². The minimum absolute atomic E-state index is 0.0580. The van der Waals surface area contributed by atoms with Crippen molar-refractivity contribution in [3.05, 3.63) is 24.2 Å². The molecule has 0 unspecified atom stereocenters. The highest BCUT2D eigenvalue weighted by molar-refractivity contribution is 7.97. The Labute approximate surface area is 177 Å². The van der Waals surface area contributed by atoms with E-state index in [2.05, 4.69) is 31.3 Å². The maximum Gasteiger partial charge on any atom is 0.319 e. The number of aromatic nitrogens is 2. The third-order valence-corrected chi connectivity index (χ3v) is 6.04. The van der Waals surface area contributed by atoms with Crippen LogP contribution in [0.1, 0.15) is 32.4 Å². The van der Waals surface area contributed by atoms with Crippen LogP contribution in [0.5, 0.6) is 0 Å². The van der Waals surface area contributed by atoms with Crippen molar-refractivity contribution in [2.45, 2.75) is 44.2 Å². The summed E-state index contributed by atoms with van der Waals surface area (Å²) >= 11 is 1.46. The van der Waals surface area contributed by atoms with Crippen molar-refractivity contribution in [3.63, 3.8) is 0 Å². The van der Waals surface area contributed by atoms with Gasteiger partial charge in [0.15, 0.2) is 5.65 Å². The van der Waals surface area contributed by atoms with Crippen LogP contribution < -0.4 is 9.62 Å². The molecule has 2 aromatic rings. The molecule has 1 aliphatic heterocycles. The van der Waals surface area contributed by atoms with Crippen molar-refractivity contribution in [1.29, 1.82) is 0 Å². The molecule has 160 valence electrons. The number of fused-ring (bicyclic) bond motifs is 1. The zero-order valence-electron chi connectivity index (χ0n) is 18.0. The first-order valence-electron chi connectivity index (χ1n) is 10.2. The number of hydrogen-bond donors (Lipinski definition) is 2. The molecule has 2 amide bonds. The van der Waals surface area contributed by atoms with E-state index in [1.807, 2.05) is 31.9 Å². The molecule has 3 heterocycles. The fourth-order valence-electron chi connectivity index (χ4n) is 3.25. The number of rotatable bonds is 4. The van der Waals surface area contributed by atoms with Crippen molar-refractivity contribution in [2.75, 3.05) is 45.2 Å². The number of imidazole rings is 1. The van der Waals surface area contributed by atoms with Crippen molar-refractivity contribution in [3.8, 4) is 0 Å². The Bertz CT molecular complexity index is 856. The lowest BCUT2D eigenvalue weighted by Gasteiger charge is -2.37. The molecular formula is C20H32N6O2S. The van der Waals surface area contributed by atoms with E-state index in [-0.39, 0.29) is 6.03 Å². The lowest BCUT2D eigenvalue weighted by molar-refractivity contribution is 0.142.